The van der Waals surface area contributed by atoms with Crippen molar-refractivity contribution in [3.05, 3.63) is 29.0 Å². The van der Waals surface area contributed by atoms with Crippen molar-refractivity contribution >= 4 is 21.8 Å². The first-order valence-corrected chi connectivity index (χ1v) is 6.73. The van der Waals surface area contributed by atoms with E-state index in [0.29, 0.717) is 12.4 Å². The van der Waals surface area contributed by atoms with Gasteiger partial charge in [0.1, 0.15) is 6.33 Å². The molecule has 0 atom stereocenters. The number of aromatic nitrogens is 5. The van der Waals surface area contributed by atoms with Gasteiger partial charge in [-0.1, -0.05) is 0 Å². The monoisotopic (exact) mass is 324 g/mol. The van der Waals surface area contributed by atoms with Crippen molar-refractivity contribution < 1.29 is 4.79 Å². The smallest absolute Gasteiger partial charge is 0.288 e. The lowest BCUT2D eigenvalue weighted by Crippen LogP contribution is -2.37. The molecule has 2 heterocycles. The predicted molar refractivity (Wildman–Crippen MR) is 70.5 cm³/mol. The highest BCUT2D eigenvalue weighted by atomic mass is 79.9. The van der Waals surface area contributed by atoms with E-state index >= 15 is 0 Å². The van der Waals surface area contributed by atoms with Crippen LogP contribution in [-0.4, -0.2) is 37.0 Å². The molecule has 2 aromatic heterocycles. The second-order valence-electron chi connectivity index (χ2n) is 4.72. The van der Waals surface area contributed by atoms with Gasteiger partial charge in [-0.3, -0.25) is 9.48 Å². The summed E-state index contributed by atoms with van der Waals surface area (Å²) < 4.78 is 4.31. The molecule has 1 aliphatic rings. The van der Waals surface area contributed by atoms with Crippen LogP contribution in [0.2, 0.25) is 0 Å². The van der Waals surface area contributed by atoms with Crippen LogP contribution in [0.25, 0.3) is 0 Å². The summed E-state index contributed by atoms with van der Waals surface area (Å²) in [6.45, 7) is 0.548. The van der Waals surface area contributed by atoms with Crippen molar-refractivity contribution in [3.63, 3.8) is 0 Å². The fourth-order valence-corrected chi connectivity index (χ4v) is 2.30. The van der Waals surface area contributed by atoms with E-state index in [0.717, 1.165) is 17.3 Å². The first kappa shape index (κ1) is 12.3. The molecule has 19 heavy (non-hydrogen) atoms. The highest BCUT2D eigenvalue weighted by Crippen LogP contribution is 2.42. The molecule has 7 nitrogen and oxygen atoms in total. The summed E-state index contributed by atoms with van der Waals surface area (Å²) in [7, 11) is 1.69. The Morgan fingerprint density at radius 1 is 1.53 bits per heavy atom. The predicted octanol–water partition coefficient (Wildman–Crippen LogP) is 0.693. The summed E-state index contributed by atoms with van der Waals surface area (Å²) in [6, 6.07) is 0. The van der Waals surface area contributed by atoms with Gasteiger partial charge >= 0.3 is 0 Å². The number of aryl methyl sites for hydroxylation is 1. The third-order valence-corrected chi connectivity index (χ3v) is 3.77. The average Bonchev–Trinajstić information content (AvgIpc) is 2.85. The Hall–Kier alpha value is -1.70. The van der Waals surface area contributed by atoms with Gasteiger partial charge in [0, 0.05) is 19.8 Å². The summed E-state index contributed by atoms with van der Waals surface area (Å²) >= 11 is 3.38. The van der Waals surface area contributed by atoms with E-state index in [-0.39, 0.29) is 11.4 Å². The number of carbonyl (C=O) groups excluding carboxylic acids is 1. The van der Waals surface area contributed by atoms with Crippen LogP contribution < -0.4 is 5.32 Å². The topological polar surface area (TPSA) is 77.6 Å². The average molecular weight is 325 g/mol. The van der Waals surface area contributed by atoms with E-state index in [1.165, 1.54) is 11.0 Å². The fourth-order valence-electron chi connectivity index (χ4n) is 2.02. The third kappa shape index (κ3) is 2.27. The number of rotatable bonds is 4. The summed E-state index contributed by atoms with van der Waals surface area (Å²) in [5.41, 5.74) is -0.0831. The fraction of sp³-hybridized carbons (Fsp3) is 0.455. The third-order valence-electron chi connectivity index (χ3n) is 3.36. The lowest BCUT2D eigenvalue weighted by molar-refractivity contribution is 0.0929. The van der Waals surface area contributed by atoms with E-state index in [9.17, 15) is 4.79 Å². The van der Waals surface area contributed by atoms with Crippen LogP contribution in [0.15, 0.2) is 23.2 Å². The SMILES string of the molecule is Cn1ncnc1C(=O)NCC1(n2cc(Br)cn2)CC1. The van der Waals surface area contributed by atoms with Crippen LogP contribution in [-0.2, 0) is 12.6 Å². The molecule has 1 saturated carbocycles. The Balaban J connectivity index is 1.67. The number of nitrogens with one attached hydrogen (secondary N) is 1. The zero-order chi connectivity index (χ0) is 13.5. The Morgan fingerprint density at radius 2 is 2.32 bits per heavy atom. The van der Waals surface area contributed by atoms with Gasteiger partial charge in [0.15, 0.2) is 0 Å². The largest absolute Gasteiger partial charge is 0.347 e. The number of nitrogens with zero attached hydrogens (tertiary/aromatic N) is 5. The molecule has 100 valence electrons. The first-order valence-electron chi connectivity index (χ1n) is 5.94. The summed E-state index contributed by atoms with van der Waals surface area (Å²) in [4.78, 5) is 15.9. The standard InChI is InChI=1S/C11H13BrN6O/c1-17-9(14-7-16-17)10(19)13-6-11(2-3-11)18-5-8(12)4-15-18/h4-5,7H,2-3,6H2,1H3,(H,13,19). The normalized spacial score (nSPS) is 16.3. The van der Waals surface area contributed by atoms with Crippen molar-refractivity contribution in [2.75, 3.05) is 6.54 Å². The van der Waals surface area contributed by atoms with Gasteiger partial charge in [-0.05, 0) is 28.8 Å². The van der Waals surface area contributed by atoms with E-state index < -0.39 is 0 Å². The highest BCUT2D eigenvalue weighted by molar-refractivity contribution is 9.10. The first-order chi connectivity index (χ1) is 9.11. The van der Waals surface area contributed by atoms with Crippen LogP contribution in [0.3, 0.4) is 0 Å². The van der Waals surface area contributed by atoms with Crippen LogP contribution in [0.4, 0.5) is 0 Å². The second kappa shape index (κ2) is 4.44. The number of amides is 1. The van der Waals surface area contributed by atoms with Crippen molar-refractivity contribution in [1.82, 2.24) is 29.9 Å². The summed E-state index contributed by atoms with van der Waals surface area (Å²) in [5, 5.41) is 11.1. The van der Waals surface area contributed by atoms with Crippen LogP contribution in [0.1, 0.15) is 23.5 Å². The minimum Gasteiger partial charge on any atom is -0.347 e. The van der Waals surface area contributed by atoms with E-state index in [2.05, 4.69) is 36.4 Å². The van der Waals surface area contributed by atoms with E-state index in [4.69, 9.17) is 0 Å². The molecule has 0 radical (unpaired) electrons. The molecule has 1 fully saturated rings. The number of hydrogen-bond acceptors (Lipinski definition) is 4. The minimum atomic E-state index is -0.211. The maximum absolute atomic E-state index is 12.0. The number of carbonyl (C=O) groups is 1. The van der Waals surface area contributed by atoms with Crippen molar-refractivity contribution in [3.8, 4) is 0 Å². The van der Waals surface area contributed by atoms with Crippen molar-refractivity contribution in [1.29, 1.82) is 0 Å². The van der Waals surface area contributed by atoms with Gasteiger partial charge < -0.3 is 5.32 Å². The second-order valence-corrected chi connectivity index (χ2v) is 5.63. The van der Waals surface area contributed by atoms with Gasteiger partial charge in [0.05, 0.1) is 16.2 Å². The molecule has 1 amide bonds. The molecule has 3 rings (SSSR count). The molecular formula is C11H13BrN6O. The zero-order valence-electron chi connectivity index (χ0n) is 10.4. The van der Waals surface area contributed by atoms with Crippen LogP contribution in [0, 0.1) is 0 Å². The molecule has 2 aromatic rings. The molecule has 0 unspecified atom stereocenters. The van der Waals surface area contributed by atoms with Gasteiger partial charge in [-0.25, -0.2) is 9.67 Å². The lowest BCUT2D eigenvalue weighted by atomic mass is 10.2. The summed E-state index contributed by atoms with van der Waals surface area (Å²) in [6.07, 6.45) is 7.08. The van der Waals surface area contributed by atoms with Gasteiger partial charge in [0.25, 0.3) is 5.91 Å². The summed E-state index contributed by atoms with van der Waals surface area (Å²) in [5.74, 6) is 0.106. The number of hydrogen-bond donors (Lipinski definition) is 1. The molecular weight excluding hydrogens is 312 g/mol. The quantitative estimate of drug-likeness (QED) is 0.897. The van der Waals surface area contributed by atoms with E-state index in [1.807, 2.05) is 10.9 Å². The van der Waals surface area contributed by atoms with Crippen molar-refractivity contribution in [2.24, 2.45) is 7.05 Å². The Labute approximate surface area is 118 Å². The Kier molecular flexibility index (Phi) is 2.89. The van der Waals surface area contributed by atoms with Gasteiger partial charge in [0.2, 0.25) is 5.82 Å². The Bertz CT molecular complexity index is 614. The molecule has 8 heteroatoms. The highest BCUT2D eigenvalue weighted by Gasteiger charge is 2.45. The lowest BCUT2D eigenvalue weighted by Gasteiger charge is -2.16. The molecule has 1 N–H and O–H groups in total. The van der Waals surface area contributed by atoms with E-state index in [1.54, 1.807) is 13.2 Å². The molecule has 0 aromatic carbocycles. The minimum absolute atomic E-state index is 0.0831. The molecule has 1 aliphatic carbocycles. The molecule has 0 aliphatic heterocycles. The molecule has 0 spiro atoms. The molecule has 0 bridgehead atoms. The zero-order valence-corrected chi connectivity index (χ0v) is 12.0. The van der Waals surface area contributed by atoms with Crippen LogP contribution in [0.5, 0.6) is 0 Å². The van der Waals surface area contributed by atoms with Crippen molar-refractivity contribution in [2.45, 2.75) is 18.4 Å². The number of halogens is 1. The van der Waals surface area contributed by atoms with Gasteiger partial charge in [-0.2, -0.15) is 10.2 Å². The van der Waals surface area contributed by atoms with Gasteiger partial charge in [-0.15, -0.1) is 0 Å². The maximum Gasteiger partial charge on any atom is 0.288 e. The van der Waals surface area contributed by atoms with Crippen LogP contribution >= 0.6 is 15.9 Å². The molecule has 0 saturated heterocycles. The maximum atomic E-state index is 12.0. The Morgan fingerprint density at radius 3 is 2.84 bits per heavy atom.